The molecule has 1 N–H and O–H groups in total. The highest BCUT2D eigenvalue weighted by molar-refractivity contribution is 14.1. The van der Waals surface area contributed by atoms with Crippen molar-refractivity contribution < 1.29 is 23.8 Å². The first-order chi connectivity index (χ1) is 18.8. The van der Waals surface area contributed by atoms with E-state index in [-0.39, 0.29) is 29.2 Å². The number of fused-ring (bicyclic) bond motifs is 1. The highest BCUT2D eigenvalue weighted by atomic mass is 127. The van der Waals surface area contributed by atoms with E-state index in [0.717, 1.165) is 0 Å². The molecule has 39 heavy (non-hydrogen) atoms. The lowest BCUT2D eigenvalue weighted by atomic mass is 9.93. The van der Waals surface area contributed by atoms with Crippen molar-refractivity contribution in [2.24, 2.45) is 4.99 Å². The minimum absolute atomic E-state index is 0.0135. The summed E-state index contributed by atoms with van der Waals surface area (Å²) >= 11 is 3.16. The molecule has 4 aromatic rings. The third kappa shape index (κ3) is 5.13. The van der Waals surface area contributed by atoms with E-state index in [0.29, 0.717) is 35.3 Å². The zero-order valence-corrected chi connectivity index (χ0v) is 23.8. The Balaban J connectivity index is 1.82. The van der Waals surface area contributed by atoms with E-state index >= 15 is 0 Å². The molecule has 0 amide bonds. The number of ether oxygens (including phenoxy) is 2. The van der Waals surface area contributed by atoms with Crippen LogP contribution in [0, 0.1) is 9.39 Å². The Labute approximate surface area is 240 Å². The summed E-state index contributed by atoms with van der Waals surface area (Å²) in [5.74, 6) is -0.755. The normalized spacial score (nSPS) is 15.1. The van der Waals surface area contributed by atoms with Crippen LogP contribution in [0.25, 0.3) is 11.8 Å². The molecule has 1 atom stereocenters. The quantitative estimate of drug-likeness (QED) is 0.246. The molecule has 0 fully saturated rings. The van der Waals surface area contributed by atoms with E-state index in [2.05, 4.69) is 0 Å². The van der Waals surface area contributed by atoms with Crippen LogP contribution < -0.4 is 19.6 Å². The van der Waals surface area contributed by atoms with Crippen LogP contribution in [0.1, 0.15) is 29.7 Å². The van der Waals surface area contributed by atoms with E-state index in [4.69, 9.17) is 14.5 Å². The number of nitrogens with zero attached hydrogens (tertiary/aromatic N) is 2. The van der Waals surface area contributed by atoms with Gasteiger partial charge in [-0.1, -0.05) is 53.8 Å². The standard InChI is InChI=1S/C29H22FIN2O5S/c1-3-38-28(36)23-24(17-7-5-4-6-8-17)32-29-33(25(23)18-9-11-19(30)12-10-18)27(35)22(39-29)15-16-13-20(31)26(34)21(14-16)37-2/h4-15,25,34H,3H2,1-2H3/b22-15-/t25-/m0/s1. The number of thiazole rings is 1. The minimum Gasteiger partial charge on any atom is -0.504 e. The summed E-state index contributed by atoms with van der Waals surface area (Å²) in [5, 5.41) is 10.2. The summed E-state index contributed by atoms with van der Waals surface area (Å²) in [4.78, 5) is 32.5. The van der Waals surface area contributed by atoms with Crippen LogP contribution in [0.2, 0.25) is 0 Å². The highest BCUT2D eigenvalue weighted by Crippen LogP contribution is 2.35. The molecular weight excluding hydrogens is 634 g/mol. The summed E-state index contributed by atoms with van der Waals surface area (Å²) in [6.45, 7) is 1.84. The van der Waals surface area contributed by atoms with Gasteiger partial charge in [-0.15, -0.1) is 0 Å². The lowest BCUT2D eigenvalue weighted by Gasteiger charge is -2.25. The summed E-state index contributed by atoms with van der Waals surface area (Å²) in [5.41, 5.74) is 2.07. The predicted octanol–water partition coefficient (Wildman–Crippen LogP) is 4.39. The summed E-state index contributed by atoms with van der Waals surface area (Å²) in [6, 6.07) is 17.4. The fourth-order valence-electron chi connectivity index (χ4n) is 4.38. The van der Waals surface area contributed by atoms with Crippen molar-refractivity contribution in [3.63, 3.8) is 0 Å². The Morgan fingerprint density at radius 2 is 1.90 bits per heavy atom. The third-order valence-corrected chi connectivity index (χ3v) is 7.93. The summed E-state index contributed by atoms with van der Waals surface area (Å²) < 4.78 is 27.0. The predicted molar refractivity (Wildman–Crippen MR) is 155 cm³/mol. The zero-order chi connectivity index (χ0) is 27.7. The van der Waals surface area contributed by atoms with Gasteiger partial charge in [0.1, 0.15) is 5.82 Å². The smallest absolute Gasteiger partial charge is 0.338 e. The first-order valence-corrected chi connectivity index (χ1v) is 13.8. The van der Waals surface area contributed by atoms with Gasteiger partial charge in [-0.3, -0.25) is 9.36 Å². The van der Waals surface area contributed by atoms with Crippen LogP contribution in [0.3, 0.4) is 0 Å². The first kappa shape index (κ1) is 26.8. The van der Waals surface area contributed by atoms with Gasteiger partial charge in [0.2, 0.25) is 0 Å². The van der Waals surface area contributed by atoms with E-state index in [9.17, 15) is 19.1 Å². The van der Waals surface area contributed by atoms with Gasteiger partial charge in [0, 0.05) is 5.56 Å². The number of aromatic nitrogens is 1. The molecule has 1 aliphatic heterocycles. The van der Waals surface area contributed by atoms with E-state index in [1.54, 1.807) is 37.3 Å². The molecule has 0 aliphatic carbocycles. The van der Waals surface area contributed by atoms with Gasteiger partial charge >= 0.3 is 5.97 Å². The fourth-order valence-corrected chi connectivity index (χ4v) is 6.01. The number of carbonyl (C=O) groups is 1. The number of hydrogen-bond acceptors (Lipinski definition) is 7. The van der Waals surface area contributed by atoms with E-state index in [1.165, 1.54) is 35.1 Å². The number of halogens is 2. The molecule has 5 rings (SSSR count). The Kier molecular flexibility index (Phi) is 7.67. The van der Waals surface area contributed by atoms with Crippen LogP contribution in [-0.2, 0) is 9.53 Å². The maximum Gasteiger partial charge on any atom is 0.338 e. The van der Waals surface area contributed by atoms with Crippen LogP contribution in [0.4, 0.5) is 4.39 Å². The van der Waals surface area contributed by atoms with Crippen molar-refractivity contribution in [1.29, 1.82) is 0 Å². The van der Waals surface area contributed by atoms with Gasteiger partial charge in [-0.2, -0.15) is 0 Å². The van der Waals surface area contributed by atoms with Crippen molar-refractivity contribution in [2.75, 3.05) is 13.7 Å². The Morgan fingerprint density at radius 3 is 2.56 bits per heavy atom. The zero-order valence-electron chi connectivity index (χ0n) is 20.9. The molecule has 0 radical (unpaired) electrons. The second-order valence-electron chi connectivity index (χ2n) is 8.54. The molecule has 3 aromatic carbocycles. The number of phenolic OH excluding ortho intramolecular Hbond substituents is 1. The lowest BCUT2D eigenvalue weighted by molar-refractivity contribution is -0.138. The molecule has 1 aromatic heterocycles. The number of methoxy groups -OCH3 is 1. The molecule has 7 nitrogen and oxygen atoms in total. The van der Waals surface area contributed by atoms with Crippen LogP contribution in [-0.4, -0.2) is 29.4 Å². The Morgan fingerprint density at radius 1 is 1.18 bits per heavy atom. The molecule has 0 bridgehead atoms. The third-order valence-electron chi connectivity index (χ3n) is 6.13. The molecule has 0 spiro atoms. The SMILES string of the molecule is CCOC(=O)C1=C(c2ccccc2)N=c2s/c(=C\c3cc(I)c(O)c(OC)c3)c(=O)n2[C@H]1c1ccc(F)cc1. The van der Waals surface area contributed by atoms with E-state index < -0.39 is 17.8 Å². The topological polar surface area (TPSA) is 90.1 Å². The number of carbonyl (C=O) groups excluding carboxylic acids is 1. The van der Waals surface area contributed by atoms with Gasteiger partial charge in [-0.25, -0.2) is 14.2 Å². The highest BCUT2D eigenvalue weighted by Gasteiger charge is 2.35. The van der Waals surface area contributed by atoms with Crippen molar-refractivity contribution in [3.8, 4) is 11.5 Å². The number of aromatic hydroxyl groups is 1. The minimum atomic E-state index is -0.896. The Hall–Kier alpha value is -3.77. The average molecular weight is 656 g/mol. The molecular formula is C29H22FIN2O5S. The second-order valence-corrected chi connectivity index (χ2v) is 10.7. The average Bonchev–Trinajstić information content (AvgIpc) is 3.25. The van der Waals surface area contributed by atoms with Gasteiger partial charge < -0.3 is 14.6 Å². The van der Waals surface area contributed by atoms with Gasteiger partial charge in [0.05, 0.1) is 39.1 Å². The van der Waals surface area contributed by atoms with Gasteiger partial charge in [-0.05, 0) is 71.0 Å². The molecule has 0 saturated carbocycles. The molecule has 2 heterocycles. The molecule has 0 unspecified atom stereocenters. The fraction of sp³-hybridized carbons (Fsp3) is 0.138. The number of rotatable bonds is 6. The van der Waals surface area contributed by atoms with Crippen LogP contribution in [0.5, 0.6) is 11.5 Å². The molecule has 0 saturated heterocycles. The Bertz CT molecular complexity index is 1780. The summed E-state index contributed by atoms with van der Waals surface area (Å²) in [7, 11) is 1.45. The maximum absolute atomic E-state index is 13.9. The summed E-state index contributed by atoms with van der Waals surface area (Å²) in [6.07, 6.45) is 1.69. The van der Waals surface area contributed by atoms with Crippen molar-refractivity contribution in [3.05, 3.63) is 118 Å². The largest absolute Gasteiger partial charge is 0.504 e. The van der Waals surface area contributed by atoms with Crippen molar-refractivity contribution in [2.45, 2.75) is 13.0 Å². The molecule has 1 aliphatic rings. The van der Waals surface area contributed by atoms with Crippen LogP contribution in [0.15, 0.2) is 82.1 Å². The number of hydrogen-bond donors (Lipinski definition) is 1. The molecule has 10 heteroatoms. The molecule has 198 valence electrons. The van der Waals surface area contributed by atoms with Gasteiger partial charge in [0.15, 0.2) is 16.3 Å². The number of esters is 1. The number of phenols is 1. The van der Waals surface area contributed by atoms with E-state index in [1.807, 2.05) is 52.9 Å². The first-order valence-electron chi connectivity index (χ1n) is 11.9. The van der Waals surface area contributed by atoms with Crippen molar-refractivity contribution in [1.82, 2.24) is 4.57 Å². The maximum atomic E-state index is 13.9. The van der Waals surface area contributed by atoms with Gasteiger partial charge in [0.25, 0.3) is 5.56 Å². The lowest BCUT2D eigenvalue weighted by Crippen LogP contribution is -2.40. The number of benzene rings is 3. The van der Waals surface area contributed by atoms with Crippen LogP contribution >= 0.6 is 33.9 Å². The van der Waals surface area contributed by atoms with Crippen molar-refractivity contribution >= 4 is 51.7 Å². The second kappa shape index (κ2) is 11.1. The monoisotopic (exact) mass is 656 g/mol.